The van der Waals surface area contributed by atoms with Gasteiger partial charge in [-0.2, -0.15) is 0 Å². The second-order valence-electron chi connectivity index (χ2n) is 4.93. The van der Waals surface area contributed by atoms with Gasteiger partial charge in [-0.05, 0) is 6.07 Å². The highest BCUT2D eigenvalue weighted by molar-refractivity contribution is 7.84. The van der Waals surface area contributed by atoms with Crippen LogP contribution in [0.5, 0.6) is 0 Å². The molecule has 2 heterocycles. The van der Waals surface area contributed by atoms with Gasteiger partial charge in [0.15, 0.2) is 0 Å². The molecule has 0 N–H and O–H groups in total. The SMILES string of the molecule is CC(CS(C)=O)C(=O)N(C)c1cnc(-c2cncc(F)c2)s1. The third-order valence-electron chi connectivity index (χ3n) is 3.01. The molecule has 0 aliphatic rings. The van der Waals surface area contributed by atoms with Gasteiger partial charge in [-0.1, -0.05) is 18.3 Å². The Morgan fingerprint density at radius 2 is 2.18 bits per heavy atom. The first kappa shape index (κ1) is 16.7. The number of carbonyl (C=O) groups excluding carboxylic acids is 1. The molecule has 0 fully saturated rings. The maximum Gasteiger partial charge on any atom is 0.231 e. The van der Waals surface area contributed by atoms with Crippen LogP contribution in [0.1, 0.15) is 6.92 Å². The van der Waals surface area contributed by atoms with Crippen LogP contribution in [0.4, 0.5) is 9.39 Å². The van der Waals surface area contributed by atoms with Gasteiger partial charge < -0.3 is 4.90 Å². The molecule has 2 aromatic rings. The summed E-state index contributed by atoms with van der Waals surface area (Å²) in [6.07, 6.45) is 5.79. The largest absolute Gasteiger partial charge is 0.305 e. The predicted molar refractivity (Wildman–Crippen MR) is 86.8 cm³/mol. The number of hydrogen-bond donors (Lipinski definition) is 0. The van der Waals surface area contributed by atoms with Gasteiger partial charge in [0.05, 0.1) is 12.4 Å². The van der Waals surface area contributed by atoms with Gasteiger partial charge in [0.2, 0.25) is 5.91 Å². The molecule has 5 nitrogen and oxygen atoms in total. The smallest absolute Gasteiger partial charge is 0.231 e. The van der Waals surface area contributed by atoms with Crippen LogP contribution < -0.4 is 4.90 Å². The number of amides is 1. The van der Waals surface area contributed by atoms with Gasteiger partial charge in [-0.3, -0.25) is 14.0 Å². The number of hydrogen-bond acceptors (Lipinski definition) is 5. The molecule has 0 saturated carbocycles. The minimum absolute atomic E-state index is 0.122. The van der Waals surface area contributed by atoms with Crippen molar-refractivity contribution >= 4 is 33.0 Å². The Morgan fingerprint density at radius 1 is 1.45 bits per heavy atom. The van der Waals surface area contributed by atoms with Crippen LogP contribution in [-0.2, 0) is 15.6 Å². The molecule has 1 amide bonds. The van der Waals surface area contributed by atoms with Crippen LogP contribution in [0, 0.1) is 11.7 Å². The standard InChI is InChI=1S/C14H16FN3O2S2/c1-9(8-22(3)20)14(19)18(2)12-7-17-13(21-12)10-4-11(15)6-16-5-10/h4-7,9H,8H2,1-3H3. The van der Waals surface area contributed by atoms with Crippen molar-refractivity contribution < 1.29 is 13.4 Å². The lowest BCUT2D eigenvalue weighted by atomic mass is 10.2. The minimum Gasteiger partial charge on any atom is -0.305 e. The first-order valence-electron chi connectivity index (χ1n) is 6.53. The Kier molecular flexibility index (Phi) is 5.36. The molecule has 118 valence electrons. The lowest BCUT2D eigenvalue weighted by Gasteiger charge is -2.18. The first-order valence-corrected chi connectivity index (χ1v) is 9.07. The first-order chi connectivity index (χ1) is 10.4. The van der Waals surface area contributed by atoms with E-state index in [1.165, 1.54) is 28.5 Å². The summed E-state index contributed by atoms with van der Waals surface area (Å²) in [7, 11) is 0.625. The Morgan fingerprint density at radius 3 is 2.82 bits per heavy atom. The van der Waals surface area contributed by atoms with E-state index in [9.17, 15) is 13.4 Å². The van der Waals surface area contributed by atoms with Gasteiger partial charge in [0.25, 0.3) is 0 Å². The molecule has 0 aromatic carbocycles. The molecule has 8 heteroatoms. The highest BCUT2D eigenvalue weighted by atomic mass is 32.2. The Hall–Kier alpha value is -1.67. The zero-order valence-corrected chi connectivity index (χ0v) is 14.1. The Bertz CT molecular complexity index is 705. The predicted octanol–water partition coefficient (Wildman–Crippen LogP) is 2.32. The van der Waals surface area contributed by atoms with E-state index in [-0.39, 0.29) is 11.8 Å². The summed E-state index contributed by atoms with van der Waals surface area (Å²) in [5.74, 6) is -0.569. The number of thiazole rings is 1. The molecular formula is C14H16FN3O2S2. The van der Waals surface area contributed by atoms with Crippen molar-refractivity contribution in [1.29, 1.82) is 0 Å². The van der Waals surface area contributed by atoms with E-state index in [0.717, 1.165) is 6.20 Å². The number of aromatic nitrogens is 2. The summed E-state index contributed by atoms with van der Waals surface area (Å²) >= 11 is 1.28. The minimum atomic E-state index is -1.03. The van der Waals surface area contributed by atoms with E-state index in [4.69, 9.17) is 0 Å². The van der Waals surface area contributed by atoms with Crippen LogP contribution in [0.25, 0.3) is 10.6 Å². The fraction of sp³-hybridized carbons (Fsp3) is 0.357. The summed E-state index contributed by atoms with van der Waals surface area (Å²) < 4.78 is 24.4. The number of halogens is 1. The maximum atomic E-state index is 13.2. The molecule has 0 aliphatic heterocycles. The third-order valence-corrected chi connectivity index (χ3v) is 5.11. The van der Waals surface area contributed by atoms with Gasteiger partial charge in [0, 0.05) is 47.5 Å². The van der Waals surface area contributed by atoms with Crippen LogP contribution in [0.2, 0.25) is 0 Å². The lowest BCUT2D eigenvalue weighted by Crippen LogP contribution is -2.33. The van der Waals surface area contributed by atoms with Crippen molar-refractivity contribution in [2.24, 2.45) is 5.92 Å². The molecule has 0 saturated heterocycles. The van der Waals surface area contributed by atoms with Crippen molar-refractivity contribution in [1.82, 2.24) is 9.97 Å². The Balaban J connectivity index is 2.17. The molecule has 2 aromatic heterocycles. The van der Waals surface area contributed by atoms with Gasteiger partial charge in [0.1, 0.15) is 15.8 Å². The number of pyridine rings is 1. The number of nitrogens with zero attached hydrogens (tertiary/aromatic N) is 3. The molecule has 2 rings (SSSR count). The van der Waals surface area contributed by atoms with E-state index < -0.39 is 16.6 Å². The molecule has 22 heavy (non-hydrogen) atoms. The fourth-order valence-corrected chi connectivity index (χ4v) is 3.66. The third kappa shape index (κ3) is 3.95. The van der Waals surface area contributed by atoms with E-state index in [0.29, 0.717) is 21.3 Å². The molecule has 0 radical (unpaired) electrons. The molecule has 0 bridgehead atoms. The number of carbonyl (C=O) groups is 1. The van der Waals surface area contributed by atoms with Crippen molar-refractivity contribution in [2.75, 3.05) is 24.0 Å². The van der Waals surface area contributed by atoms with E-state index in [2.05, 4.69) is 9.97 Å². The summed E-state index contributed by atoms with van der Waals surface area (Å²) in [6.45, 7) is 1.75. The number of rotatable bonds is 5. The second-order valence-corrected chi connectivity index (χ2v) is 7.42. The normalized spacial score (nSPS) is 13.6. The van der Waals surface area contributed by atoms with Crippen molar-refractivity contribution in [3.8, 4) is 10.6 Å². The lowest BCUT2D eigenvalue weighted by molar-refractivity contribution is -0.120. The summed E-state index contributed by atoms with van der Waals surface area (Å²) in [5, 5.41) is 1.24. The van der Waals surface area contributed by atoms with E-state index in [1.807, 2.05) is 0 Å². The quantitative estimate of drug-likeness (QED) is 0.837. The highest BCUT2D eigenvalue weighted by Gasteiger charge is 2.21. The zero-order chi connectivity index (χ0) is 16.3. The van der Waals surface area contributed by atoms with Gasteiger partial charge in [-0.15, -0.1) is 0 Å². The summed E-state index contributed by atoms with van der Waals surface area (Å²) in [5.41, 5.74) is 0.569. The molecular weight excluding hydrogens is 325 g/mol. The van der Waals surface area contributed by atoms with E-state index in [1.54, 1.807) is 26.4 Å². The van der Waals surface area contributed by atoms with Crippen molar-refractivity contribution in [3.63, 3.8) is 0 Å². The van der Waals surface area contributed by atoms with Crippen LogP contribution in [0.3, 0.4) is 0 Å². The van der Waals surface area contributed by atoms with Crippen LogP contribution in [-0.4, -0.2) is 39.1 Å². The summed E-state index contributed by atoms with van der Waals surface area (Å²) in [4.78, 5) is 21.8. The fourth-order valence-electron chi connectivity index (χ4n) is 1.95. The average molecular weight is 341 g/mol. The number of anilines is 1. The molecule has 0 aliphatic carbocycles. The van der Waals surface area contributed by atoms with Gasteiger partial charge in [-0.25, -0.2) is 9.37 Å². The van der Waals surface area contributed by atoms with Crippen molar-refractivity contribution in [2.45, 2.75) is 6.92 Å². The Labute approximate surface area is 134 Å². The average Bonchev–Trinajstić information content (AvgIpc) is 2.94. The van der Waals surface area contributed by atoms with Gasteiger partial charge >= 0.3 is 0 Å². The molecule has 0 spiro atoms. The highest BCUT2D eigenvalue weighted by Crippen LogP contribution is 2.30. The zero-order valence-electron chi connectivity index (χ0n) is 12.4. The molecule has 2 unspecified atom stereocenters. The second kappa shape index (κ2) is 7.06. The maximum absolute atomic E-state index is 13.2. The van der Waals surface area contributed by atoms with Crippen LogP contribution >= 0.6 is 11.3 Å². The summed E-state index contributed by atoms with van der Waals surface area (Å²) in [6, 6.07) is 1.35. The monoisotopic (exact) mass is 341 g/mol. The topological polar surface area (TPSA) is 63.2 Å². The van der Waals surface area contributed by atoms with Crippen LogP contribution in [0.15, 0.2) is 24.7 Å². The van der Waals surface area contributed by atoms with Crippen molar-refractivity contribution in [3.05, 3.63) is 30.5 Å². The molecule has 2 atom stereocenters. The van der Waals surface area contributed by atoms with E-state index >= 15 is 0 Å².